The van der Waals surface area contributed by atoms with Crippen molar-refractivity contribution in [3.8, 4) is 23.0 Å². The number of carbonyl (C=O) groups is 1. The summed E-state index contributed by atoms with van der Waals surface area (Å²) in [5.74, 6) is -0.659. The molecule has 1 aromatic carbocycles. The van der Waals surface area contributed by atoms with Crippen molar-refractivity contribution in [2.75, 3.05) is 11.5 Å². The summed E-state index contributed by atoms with van der Waals surface area (Å²) in [5.41, 5.74) is 13.7. The highest BCUT2D eigenvalue weighted by Gasteiger charge is 2.35. The molecular formula is C23H16N7O3S+. The smallest absolute Gasteiger partial charge is 0.397 e. The zero-order chi connectivity index (χ0) is 24.0. The average molecular weight is 470 g/mol. The number of rotatable bonds is 4. The van der Waals surface area contributed by atoms with E-state index in [-0.39, 0.29) is 27.6 Å². The van der Waals surface area contributed by atoms with Crippen molar-refractivity contribution in [2.24, 2.45) is 0 Å². The standard InChI is InChI=1S/C23H15N7O3S/c1-11-6-5-9-14(27-11)15-13(10-24)21(26)28-22-16(15)17(25)20(34-22)19(31)18-23(32)33-29-30(18)12-7-3-2-4-8-12/h2-9H,1H3,(H4-,25,26,28,29,31,32)/p+1. The Kier molecular flexibility index (Phi) is 4.92. The fourth-order valence-corrected chi connectivity index (χ4v) is 4.78. The maximum absolute atomic E-state index is 13.5. The van der Waals surface area contributed by atoms with Gasteiger partial charge in [0, 0.05) is 28.8 Å². The summed E-state index contributed by atoms with van der Waals surface area (Å²) in [4.78, 5) is 35.2. The molecule has 0 saturated carbocycles. The SMILES string of the molecule is Cc1cccc(-c2c(C#N)c(N)nc3sc(C(=O)c4c(=O)o[nH][n+]4-c4ccccc4)c(N)c23)n1. The normalized spacial score (nSPS) is 10.9. The maximum Gasteiger partial charge on any atom is 0.439 e. The van der Waals surface area contributed by atoms with Crippen LogP contribution < -0.4 is 21.8 Å². The first-order chi connectivity index (χ1) is 16.4. The van der Waals surface area contributed by atoms with E-state index in [4.69, 9.17) is 16.0 Å². The highest BCUT2D eigenvalue weighted by molar-refractivity contribution is 7.21. The molecule has 0 fully saturated rings. The van der Waals surface area contributed by atoms with Gasteiger partial charge in [0.25, 0.3) is 5.78 Å². The number of nitrogens with two attached hydrogens (primary N) is 2. The number of anilines is 2. The molecule has 0 unspecified atom stereocenters. The van der Waals surface area contributed by atoms with Crippen molar-refractivity contribution in [3.05, 3.63) is 80.8 Å². The number of hydrogen-bond donors (Lipinski definition) is 3. The van der Waals surface area contributed by atoms with Gasteiger partial charge in [0.2, 0.25) is 5.69 Å². The van der Waals surface area contributed by atoms with Crippen molar-refractivity contribution in [3.63, 3.8) is 0 Å². The summed E-state index contributed by atoms with van der Waals surface area (Å²) < 4.78 is 6.16. The van der Waals surface area contributed by atoms with E-state index in [2.05, 4.69) is 21.3 Å². The molecule has 0 radical (unpaired) electrons. The van der Waals surface area contributed by atoms with E-state index in [1.165, 1.54) is 4.68 Å². The molecule has 0 amide bonds. The maximum atomic E-state index is 13.5. The lowest BCUT2D eigenvalue weighted by Gasteiger charge is -2.09. The van der Waals surface area contributed by atoms with E-state index < -0.39 is 11.4 Å². The lowest BCUT2D eigenvalue weighted by Crippen LogP contribution is -2.41. The zero-order valence-corrected chi connectivity index (χ0v) is 18.5. The quantitative estimate of drug-likeness (QED) is 0.266. The minimum absolute atomic E-state index is 0.00550. The number of pyridine rings is 2. The van der Waals surface area contributed by atoms with Gasteiger partial charge < -0.3 is 11.5 Å². The van der Waals surface area contributed by atoms with Crippen LogP contribution in [-0.4, -0.2) is 21.0 Å². The third-order valence-corrected chi connectivity index (χ3v) is 6.34. The Morgan fingerprint density at radius 1 is 1.15 bits per heavy atom. The van der Waals surface area contributed by atoms with Crippen LogP contribution in [0, 0.1) is 18.3 Å². The Balaban J connectivity index is 1.77. The Morgan fingerprint density at radius 2 is 1.91 bits per heavy atom. The van der Waals surface area contributed by atoms with E-state index in [1.807, 2.05) is 13.0 Å². The summed E-state index contributed by atoms with van der Waals surface area (Å²) >= 11 is 0.979. The molecule has 4 aromatic heterocycles. The van der Waals surface area contributed by atoms with Crippen LogP contribution >= 0.6 is 11.3 Å². The van der Waals surface area contributed by atoms with Gasteiger partial charge in [-0.25, -0.2) is 9.78 Å². The second kappa shape index (κ2) is 7.95. The van der Waals surface area contributed by atoms with E-state index in [9.17, 15) is 14.9 Å². The number of nitrogens with zero attached hydrogens (tertiary/aromatic N) is 4. The van der Waals surface area contributed by atoms with E-state index in [0.29, 0.717) is 27.2 Å². The fraction of sp³-hybridized carbons (Fsp3) is 0.0435. The number of nitrogens with one attached hydrogen (secondary N) is 1. The molecule has 10 nitrogen and oxygen atoms in total. The number of hydrogen-bond acceptors (Lipinski definition) is 9. The summed E-state index contributed by atoms with van der Waals surface area (Å²) in [6.45, 7) is 1.82. The van der Waals surface area contributed by atoms with Crippen molar-refractivity contribution >= 4 is 38.8 Å². The molecule has 166 valence electrons. The minimum Gasteiger partial charge on any atom is -0.397 e. The van der Waals surface area contributed by atoms with Gasteiger partial charge in [0.15, 0.2) is 0 Å². The minimum atomic E-state index is -0.850. The molecule has 0 bridgehead atoms. The number of carbonyl (C=O) groups excluding carboxylic acids is 1. The first-order valence-corrected chi connectivity index (χ1v) is 10.8. The third-order valence-electron chi connectivity index (χ3n) is 5.24. The van der Waals surface area contributed by atoms with Crippen LogP contribution in [0.1, 0.15) is 26.6 Å². The topological polar surface area (TPSA) is 169 Å². The molecule has 5 N–H and O–H groups in total. The monoisotopic (exact) mass is 470 g/mol. The number of H-pyrrole nitrogens is 1. The molecule has 11 heteroatoms. The molecule has 4 heterocycles. The number of nitrogen functional groups attached to an aromatic ring is 2. The number of fused-ring (bicyclic) bond motifs is 1. The summed E-state index contributed by atoms with van der Waals surface area (Å²) in [7, 11) is 0. The number of aromatic nitrogens is 4. The van der Waals surface area contributed by atoms with Gasteiger partial charge in [0.1, 0.15) is 27.2 Å². The van der Waals surface area contributed by atoms with Gasteiger partial charge in [-0.3, -0.25) is 14.3 Å². The Labute approximate surface area is 195 Å². The molecule has 34 heavy (non-hydrogen) atoms. The Bertz CT molecular complexity index is 1690. The molecule has 0 aliphatic heterocycles. The predicted octanol–water partition coefficient (Wildman–Crippen LogP) is 2.49. The van der Waals surface area contributed by atoms with Gasteiger partial charge in [0.05, 0.1) is 11.4 Å². The number of ketones is 1. The second-order valence-electron chi connectivity index (χ2n) is 7.38. The fourth-order valence-electron chi connectivity index (χ4n) is 3.72. The average Bonchev–Trinajstić information content (AvgIpc) is 3.38. The summed E-state index contributed by atoms with van der Waals surface area (Å²) in [6, 6.07) is 16.1. The van der Waals surface area contributed by atoms with Gasteiger partial charge in [-0.15, -0.1) is 11.3 Å². The number of aryl methyl sites for hydroxylation is 1. The lowest BCUT2D eigenvalue weighted by molar-refractivity contribution is -0.672. The van der Waals surface area contributed by atoms with Crippen molar-refractivity contribution < 1.29 is 14.0 Å². The van der Waals surface area contributed by atoms with Crippen LogP contribution in [0.5, 0.6) is 0 Å². The van der Waals surface area contributed by atoms with Crippen LogP contribution in [-0.2, 0) is 0 Å². The summed E-state index contributed by atoms with van der Waals surface area (Å²) in [5, 5.41) is 12.6. The number of benzene rings is 1. The highest BCUT2D eigenvalue weighted by Crippen LogP contribution is 2.42. The molecule has 0 atom stereocenters. The van der Waals surface area contributed by atoms with Crippen molar-refractivity contribution in [2.45, 2.75) is 6.92 Å². The molecule has 5 rings (SSSR count). The number of thiophene rings is 1. The lowest BCUT2D eigenvalue weighted by atomic mass is 10.0. The highest BCUT2D eigenvalue weighted by atomic mass is 32.1. The van der Waals surface area contributed by atoms with Gasteiger partial charge in [-0.1, -0.05) is 24.3 Å². The Morgan fingerprint density at radius 3 is 2.62 bits per heavy atom. The predicted molar refractivity (Wildman–Crippen MR) is 125 cm³/mol. The molecule has 0 saturated heterocycles. The van der Waals surface area contributed by atoms with Crippen LogP contribution in [0.2, 0.25) is 0 Å². The van der Waals surface area contributed by atoms with Crippen molar-refractivity contribution in [1.29, 1.82) is 5.26 Å². The molecule has 5 aromatic rings. The first-order valence-electron chi connectivity index (χ1n) is 10.00. The van der Waals surface area contributed by atoms with Crippen LogP contribution in [0.3, 0.4) is 0 Å². The van der Waals surface area contributed by atoms with E-state index >= 15 is 0 Å². The van der Waals surface area contributed by atoms with Crippen LogP contribution in [0.15, 0.2) is 57.8 Å². The van der Waals surface area contributed by atoms with Crippen LogP contribution in [0.25, 0.3) is 27.2 Å². The first kappa shape index (κ1) is 21.0. The second-order valence-corrected chi connectivity index (χ2v) is 8.38. The molecule has 0 aliphatic carbocycles. The molecular weight excluding hydrogens is 454 g/mol. The van der Waals surface area contributed by atoms with E-state index in [1.54, 1.807) is 42.5 Å². The van der Waals surface area contributed by atoms with Crippen LogP contribution in [0.4, 0.5) is 11.5 Å². The largest absolute Gasteiger partial charge is 0.439 e. The summed E-state index contributed by atoms with van der Waals surface area (Å²) in [6.07, 6.45) is 0. The molecule has 0 aliphatic rings. The molecule has 0 spiro atoms. The Hall–Kier alpha value is -4.82. The van der Waals surface area contributed by atoms with Gasteiger partial charge in [-0.2, -0.15) is 5.26 Å². The van der Waals surface area contributed by atoms with Gasteiger partial charge in [-0.05, 0) is 29.0 Å². The van der Waals surface area contributed by atoms with Crippen molar-refractivity contribution in [1.82, 2.24) is 15.2 Å². The number of aromatic amines is 1. The zero-order valence-electron chi connectivity index (χ0n) is 17.7. The van der Waals surface area contributed by atoms with Gasteiger partial charge >= 0.3 is 11.3 Å². The third kappa shape index (κ3) is 3.21. The van der Waals surface area contributed by atoms with E-state index in [0.717, 1.165) is 17.0 Å². The number of para-hydroxylation sites is 1. The number of nitriles is 1.